The highest BCUT2D eigenvalue weighted by atomic mass is 32.3. The van der Waals surface area contributed by atoms with Gasteiger partial charge in [-0.15, -0.1) is 0 Å². The van der Waals surface area contributed by atoms with E-state index in [1.165, 1.54) is 61.1 Å². The average Bonchev–Trinajstić information content (AvgIpc) is 4.00. The highest BCUT2D eigenvalue weighted by Gasteiger charge is 2.49. The number of aromatic amines is 1. The zero-order valence-electron chi connectivity index (χ0n) is 44.8. The lowest BCUT2D eigenvalue weighted by Crippen LogP contribution is -2.46. The summed E-state index contributed by atoms with van der Waals surface area (Å²) in [5.41, 5.74) is 2.31. The summed E-state index contributed by atoms with van der Waals surface area (Å²) >= 11 is 0.998. The molecule has 406 valence electrons. The molecular weight excluding hydrogens is 1020 g/mol. The molecule has 77 heavy (non-hydrogen) atoms. The van der Waals surface area contributed by atoms with Crippen LogP contribution in [0.4, 0.5) is 38.0 Å². The number of hydrogen-bond donors (Lipinski definition) is 5. The molecule has 20 nitrogen and oxygen atoms in total. The van der Waals surface area contributed by atoms with Gasteiger partial charge in [-0.2, -0.15) is 10.3 Å². The maximum atomic E-state index is 14.6. The molecule has 5 amide bonds. The highest BCUT2D eigenvalue weighted by molar-refractivity contribution is 8.13. The first kappa shape index (κ1) is 56.8. The number of carbonyl (C=O) groups excluding carboxylic acids is 4. The fraction of sp³-hybridized carbons (Fsp3) is 0.382. The maximum Gasteiger partial charge on any atom is 0.441 e. The second kappa shape index (κ2) is 23.1. The predicted octanol–water partition coefficient (Wildman–Crippen LogP) is 10.8. The van der Waals surface area contributed by atoms with Crippen LogP contribution in [0.15, 0.2) is 96.5 Å². The third-order valence-electron chi connectivity index (χ3n) is 13.9. The number of carbonyl (C=O) groups is 4. The summed E-state index contributed by atoms with van der Waals surface area (Å²) in [4.78, 5) is 72.1. The number of aromatic hydroxyl groups is 1. The van der Waals surface area contributed by atoms with Gasteiger partial charge in [-0.25, -0.2) is 33.0 Å². The number of rotatable bonds is 20. The van der Waals surface area contributed by atoms with Gasteiger partial charge in [0.2, 0.25) is 10.0 Å². The fourth-order valence-corrected chi connectivity index (χ4v) is 10.8. The molecule has 1 fully saturated rings. The Bertz CT molecular complexity index is 3320. The van der Waals surface area contributed by atoms with Gasteiger partial charge in [0, 0.05) is 30.4 Å². The molecule has 0 radical (unpaired) electrons. The van der Waals surface area contributed by atoms with Crippen LogP contribution < -0.4 is 34.7 Å². The van der Waals surface area contributed by atoms with Gasteiger partial charge in [-0.05, 0) is 111 Å². The first-order valence-corrected chi connectivity index (χ1v) is 27.8. The van der Waals surface area contributed by atoms with Crippen molar-refractivity contribution in [3.63, 3.8) is 0 Å². The van der Waals surface area contributed by atoms with Crippen LogP contribution in [0.5, 0.6) is 17.2 Å². The number of nitrogens with one attached hydrogen (secondary N) is 4. The number of nitriles is 1. The highest BCUT2D eigenvalue weighted by Crippen LogP contribution is 2.42. The Kier molecular flexibility index (Phi) is 17.1. The molecule has 1 saturated heterocycles. The van der Waals surface area contributed by atoms with Gasteiger partial charge in [-0.3, -0.25) is 18.9 Å². The summed E-state index contributed by atoms with van der Waals surface area (Å²) in [6, 6.07) is 21.8. The van der Waals surface area contributed by atoms with Crippen LogP contribution >= 0.6 is 11.8 Å². The van der Waals surface area contributed by atoms with E-state index in [-0.39, 0.29) is 39.6 Å². The minimum Gasteiger partial charge on any atom is -0.506 e. The number of amides is 5. The lowest BCUT2D eigenvalue weighted by molar-refractivity contribution is -0.132. The SMILES string of the molecule is CCCCC(Oc1ccc(C(C)(C)CC)cc1C(C)(C)CC)C(=O)Nc1cc(O)c(NC(=O)Nc2ccc(C#N)cc2)cc1OC(=O)N1C(=O)C(C)(C)CN1c1ccc(N(C)S(=O)(=O)CSc2ncnc3nc[nH]c23)cc1. The number of fused-ring (bicyclic) bond motifs is 1. The van der Waals surface area contributed by atoms with Gasteiger partial charge in [0.25, 0.3) is 11.8 Å². The number of hydrogen-bond acceptors (Lipinski definition) is 15. The topological polar surface area (TPSA) is 265 Å². The Balaban J connectivity index is 1.18. The van der Waals surface area contributed by atoms with E-state index in [2.05, 4.69) is 83.5 Å². The zero-order valence-corrected chi connectivity index (χ0v) is 46.5. The lowest BCUT2D eigenvalue weighted by atomic mass is 9.76. The van der Waals surface area contributed by atoms with E-state index >= 15 is 0 Å². The fourth-order valence-electron chi connectivity index (χ4n) is 8.23. The number of benzene rings is 4. The zero-order chi connectivity index (χ0) is 56.0. The van der Waals surface area contributed by atoms with E-state index < -0.39 is 51.2 Å². The molecule has 0 aliphatic carbocycles. The van der Waals surface area contributed by atoms with Crippen LogP contribution in [-0.4, -0.2) is 87.2 Å². The van der Waals surface area contributed by atoms with Crippen molar-refractivity contribution in [2.75, 3.05) is 43.9 Å². The van der Waals surface area contributed by atoms with Crippen LogP contribution in [0.3, 0.4) is 0 Å². The number of H-pyrrole nitrogens is 1. The second-order valence-corrected chi connectivity index (χ2v) is 24.0. The molecule has 5 N–H and O–H groups in total. The van der Waals surface area contributed by atoms with Crippen molar-refractivity contribution < 1.29 is 42.2 Å². The van der Waals surface area contributed by atoms with Crippen molar-refractivity contribution in [3.8, 4) is 23.3 Å². The molecule has 2 aromatic heterocycles. The first-order valence-electron chi connectivity index (χ1n) is 25.2. The Morgan fingerprint density at radius 2 is 1.61 bits per heavy atom. The standard InChI is InChI=1S/C55H65N11O9S2/c1-11-14-15-44(74-43-25-18-35(53(4,5)12-2)26-39(43)54(6,7)13-3)48(68)62-41-27-42(67)40(63-51(70)61-36-19-16-34(29-56)17-20-36)28-45(41)75-52(71)66-50(69)55(8,9)30-65(66)38-23-21-37(22-24-38)64(10)77(72,73)33-76-49-46-47(58-31-57-46)59-32-60-49/h16-28,31-32,44,67H,11-15,30,33H2,1-10H3,(H,62,68)(H2,61,63,70)(H,57,58,59,60). The molecule has 0 saturated carbocycles. The van der Waals surface area contributed by atoms with Gasteiger partial charge in [-0.1, -0.05) is 78.8 Å². The Hall–Kier alpha value is -7.90. The van der Waals surface area contributed by atoms with E-state index in [4.69, 9.17) is 9.47 Å². The minimum absolute atomic E-state index is 0.00223. The summed E-state index contributed by atoms with van der Waals surface area (Å²) in [6.45, 7) is 18.1. The quantitative estimate of drug-likeness (QED) is 0.0270. The molecule has 0 spiro atoms. The predicted molar refractivity (Wildman–Crippen MR) is 298 cm³/mol. The molecular formula is C55H65N11O9S2. The molecule has 7 rings (SSSR count). The van der Waals surface area contributed by atoms with Crippen molar-refractivity contribution in [2.45, 2.75) is 116 Å². The molecule has 22 heteroatoms. The summed E-state index contributed by atoms with van der Waals surface area (Å²) in [5.74, 6) is -1.59. The second-order valence-electron chi connectivity index (χ2n) is 20.6. The number of aromatic nitrogens is 4. The van der Waals surface area contributed by atoms with E-state index in [1.807, 2.05) is 25.1 Å². The number of ether oxygens (including phenoxy) is 2. The minimum atomic E-state index is -3.92. The van der Waals surface area contributed by atoms with E-state index in [0.717, 1.165) is 63.6 Å². The third-order valence-corrected chi connectivity index (χ3v) is 17.2. The van der Waals surface area contributed by atoms with Crippen molar-refractivity contribution in [3.05, 3.63) is 108 Å². The number of phenolic OH excluding ortho intramolecular Hbond substituents is 1. The van der Waals surface area contributed by atoms with Gasteiger partial charge >= 0.3 is 12.1 Å². The van der Waals surface area contributed by atoms with Crippen molar-refractivity contribution in [1.82, 2.24) is 24.9 Å². The number of nitrogens with zero attached hydrogens (tertiary/aromatic N) is 7. The van der Waals surface area contributed by atoms with Crippen LogP contribution in [0.1, 0.15) is 111 Å². The third kappa shape index (κ3) is 12.9. The number of thioether (sulfide) groups is 1. The van der Waals surface area contributed by atoms with Crippen molar-refractivity contribution >= 4 is 85.3 Å². The summed E-state index contributed by atoms with van der Waals surface area (Å²) in [7, 11) is -2.51. The number of unbranched alkanes of at least 4 members (excludes halogenated alkanes) is 1. The Morgan fingerprint density at radius 3 is 2.27 bits per heavy atom. The number of phenols is 1. The molecule has 1 aliphatic rings. The van der Waals surface area contributed by atoms with Crippen LogP contribution in [0.2, 0.25) is 0 Å². The monoisotopic (exact) mass is 1090 g/mol. The first-order chi connectivity index (χ1) is 36.4. The molecule has 6 aromatic rings. The molecule has 3 heterocycles. The molecule has 4 aromatic carbocycles. The Morgan fingerprint density at radius 1 is 0.909 bits per heavy atom. The largest absolute Gasteiger partial charge is 0.506 e. The summed E-state index contributed by atoms with van der Waals surface area (Å²) < 4.78 is 40.9. The number of hydrazine groups is 1. The van der Waals surface area contributed by atoms with E-state index in [9.17, 15) is 38.0 Å². The van der Waals surface area contributed by atoms with Crippen molar-refractivity contribution in [1.29, 1.82) is 5.26 Å². The Labute approximate surface area is 453 Å². The molecule has 1 aliphatic heterocycles. The van der Waals surface area contributed by atoms with Crippen LogP contribution in [-0.2, 0) is 30.4 Å². The number of imide groups is 1. The van der Waals surface area contributed by atoms with E-state index in [1.54, 1.807) is 26.0 Å². The van der Waals surface area contributed by atoms with Gasteiger partial charge in [0.05, 0.1) is 52.7 Å². The maximum absolute atomic E-state index is 14.6. The smallest absolute Gasteiger partial charge is 0.441 e. The number of sulfonamides is 1. The van der Waals surface area contributed by atoms with Crippen LogP contribution in [0.25, 0.3) is 11.2 Å². The molecule has 1 unspecified atom stereocenters. The van der Waals surface area contributed by atoms with Gasteiger partial charge in [0.1, 0.15) is 33.5 Å². The number of anilines is 5. The molecule has 1 atom stereocenters. The van der Waals surface area contributed by atoms with Gasteiger partial charge < -0.3 is 35.5 Å². The normalized spacial score (nSPS) is 14.0. The number of urea groups is 1. The molecule has 0 bridgehead atoms. The summed E-state index contributed by atoms with van der Waals surface area (Å²) in [6.07, 6.45) is 3.84. The summed E-state index contributed by atoms with van der Waals surface area (Å²) in [5, 5.41) is 30.9. The van der Waals surface area contributed by atoms with Crippen LogP contribution in [0, 0.1) is 16.7 Å². The van der Waals surface area contributed by atoms with E-state index in [0.29, 0.717) is 57.4 Å². The number of imidazole rings is 1. The lowest BCUT2D eigenvalue weighted by Gasteiger charge is -2.31. The average molecular weight is 1090 g/mol. The van der Waals surface area contributed by atoms with Crippen molar-refractivity contribution in [2.24, 2.45) is 5.41 Å². The van der Waals surface area contributed by atoms with Gasteiger partial charge in [0.15, 0.2) is 17.5 Å².